The molecule has 1 N–H and O–H groups in total. The highest BCUT2D eigenvalue weighted by molar-refractivity contribution is 5.44. The number of hydrogen-bond donors (Lipinski definition) is 1. The van der Waals surface area contributed by atoms with Crippen LogP contribution in [0.15, 0.2) is 60.7 Å². The Morgan fingerprint density at radius 1 is 0.550 bits per heavy atom. The van der Waals surface area contributed by atoms with E-state index in [1.54, 1.807) is 0 Å². The zero-order chi connectivity index (χ0) is 15.4. The first kappa shape index (κ1) is 18.0. The molecule has 0 saturated carbocycles. The second-order valence-corrected chi connectivity index (χ2v) is 4.46. The predicted octanol–water partition coefficient (Wildman–Crippen LogP) is 3.11. The van der Waals surface area contributed by atoms with Gasteiger partial charge in [-0.2, -0.15) is 0 Å². The molecule has 110 valence electrons. The van der Waals surface area contributed by atoms with Gasteiger partial charge in [0.05, 0.1) is 0 Å². The van der Waals surface area contributed by atoms with Crippen molar-refractivity contribution >= 4 is 11.4 Å². The van der Waals surface area contributed by atoms with Crippen LogP contribution in [0.2, 0.25) is 0 Å². The maximum absolute atomic E-state index is 7.00. The second-order valence-electron chi connectivity index (χ2n) is 4.46. The van der Waals surface area contributed by atoms with E-state index in [2.05, 4.69) is 34.1 Å². The zero-order valence-corrected chi connectivity index (χ0v) is 13.1. The number of rotatable bonds is 2. The second kappa shape index (κ2) is 10.9. The van der Waals surface area contributed by atoms with Crippen LogP contribution in [0.25, 0.3) is 0 Å². The van der Waals surface area contributed by atoms with Crippen LogP contribution in [-0.4, -0.2) is 40.4 Å². The summed E-state index contributed by atoms with van der Waals surface area (Å²) in [7, 11) is 9.15. The highest BCUT2D eigenvalue weighted by Crippen LogP contribution is 2.08. The van der Waals surface area contributed by atoms with E-state index in [9.17, 15) is 0 Å². The third kappa shape index (κ3) is 7.44. The molecule has 2 rings (SSSR count). The monoisotopic (exact) mass is 274 g/mol. The number of benzene rings is 2. The lowest BCUT2D eigenvalue weighted by atomic mass is 10.3. The van der Waals surface area contributed by atoms with Gasteiger partial charge in [-0.25, -0.2) is 0 Å². The molecule has 0 fully saturated rings. The average Bonchev–Trinajstić information content (AvgIpc) is 2.51. The van der Waals surface area contributed by atoms with E-state index < -0.39 is 0 Å². The van der Waals surface area contributed by atoms with Gasteiger partial charge in [-0.15, -0.1) is 0 Å². The average molecular weight is 274 g/mol. The van der Waals surface area contributed by atoms with Gasteiger partial charge in [-0.3, -0.25) is 0 Å². The molecule has 0 aromatic heterocycles. The van der Waals surface area contributed by atoms with Crippen molar-refractivity contribution in [2.24, 2.45) is 0 Å². The summed E-state index contributed by atoms with van der Waals surface area (Å²) in [6.45, 7) is 0. The molecule has 0 aliphatic rings. The van der Waals surface area contributed by atoms with Gasteiger partial charge in [0.1, 0.15) is 0 Å². The van der Waals surface area contributed by atoms with Crippen LogP contribution >= 0.6 is 0 Å². The van der Waals surface area contributed by atoms with Crippen LogP contribution in [0.5, 0.6) is 0 Å². The molecule has 0 radical (unpaired) electrons. The molecule has 3 nitrogen and oxygen atoms in total. The molecule has 0 heterocycles. The Kier molecular flexibility index (Phi) is 9.79. The van der Waals surface area contributed by atoms with Crippen LogP contribution < -0.4 is 9.80 Å². The van der Waals surface area contributed by atoms with Crippen LogP contribution in [0, 0.1) is 0 Å². The summed E-state index contributed by atoms with van der Waals surface area (Å²) in [6.07, 6.45) is 0. The van der Waals surface area contributed by atoms with Gasteiger partial charge in [-0.05, 0) is 24.3 Å². The van der Waals surface area contributed by atoms with Gasteiger partial charge in [-0.1, -0.05) is 36.4 Å². The third-order valence-electron chi connectivity index (χ3n) is 2.55. The summed E-state index contributed by atoms with van der Waals surface area (Å²) in [6, 6.07) is 20.5. The quantitative estimate of drug-likeness (QED) is 0.911. The predicted molar refractivity (Wildman–Crippen MR) is 89.7 cm³/mol. The highest BCUT2D eigenvalue weighted by atomic mass is 16.2. The summed E-state index contributed by atoms with van der Waals surface area (Å²) in [5, 5.41) is 7.00. The van der Waals surface area contributed by atoms with Gasteiger partial charge in [0.2, 0.25) is 0 Å². The normalized spacial score (nSPS) is 8.50. The molecule has 20 heavy (non-hydrogen) atoms. The molecule has 3 heteroatoms. The van der Waals surface area contributed by atoms with Crippen molar-refractivity contribution in [2.45, 2.75) is 0 Å². The molecule has 0 spiro atoms. The van der Waals surface area contributed by atoms with E-state index in [1.807, 2.05) is 64.6 Å². The molecule has 2 aromatic carbocycles. The first-order valence-corrected chi connectivity index (χ1v) is 6.50. The van der Waals surface area contributed by atoms with Crippen LogP contribution in [0.1, 0.15) is 0 Å². The molecule has 0 atom stereocenters. The maximum atomic E-state index is 7.00. The third-order valence-corrected chi connectivity index (χ3v) is 2.55. The van der Waals surface area contributed by atoms with Crippen molar-refractivity contribution in [1.82, 2.24) is 0 Å². The number of nitrogens with zero attached hydrogens (tertiary/aromatic N) is 2. The first-order chi connectivity index (χ1) is 9.61. The van der Waals surface area contributed by atoms with E-state index in [-0.39, 0.29) is 0 Å². The van der Waals surface area contributed by atoms with Crippen molar-refractivity contribution in [2.75, 3.05) is 45.1 Å². The van der Waals surface area contributed by atoms with E-state index in [0.717, 1.165) is 7.11 Å². The molecular weight excluding hydrogens is 248 g/mol. The fourth-order valence-corrected chi connectivity index (χ4v) is 1.45. The summed E-state index contributed by atoms with van der Waals surface area (Å²) < 4.78 is 0. The van der Waals surface area contributed by atoms with E-state index in [4.69, 9.17) is 5.11 Å². The van der Waals surface area contributed by atoms with Crippen LogP contribution in [0.3, 0.4) is 0 Å². The Bertz CT molecular complexity index is 384. The Morgan fingerprint density at radius 2 is 0.800 bits per heavy atom. The van der Waals surface area contributed by atoms with Crippen LogP contribution in [-0.2, 0) is 0 Å². The Balaban J connectivity index is 0.000000321. The van der Waals surface area contributed by atoms with E-state index >= 15 is 0 Å². The molecule has 0 unspecified atom stereocenters. The minimum Gasteiger partial charge on any atom is -0.400 e. The van der Waals surface area contributed by atoms with Crippen molar-refractivity contribution in [3.8, 4) is 0 Å². The van der Waals surface area contributed by atoms with Gasteiger partial charge >= 0.3 is 0 Å². The topological polar surface area (TPSA) is 26.7 Å². The molecule has 0 aliphatic heterocycles. The van der Waals surface area contributed by atoms with Gasteiger partial charge in [0.25, 0.3) is 0 Å². The lowest BCUT2D eigenvalue weighted by Crippen LogP contribution is -2.07. The van der Waals surface area contributed by atoms with Crippen molar-refractivity contribution in [3.05, 3.63) is 60.7 Å². The smallest absolute Gasteiger partial charge is 0.0360 e. The van der Waals surface area contributed by atoms with Crippen molar-refractivity contribution in [1.29, 1.82) is 0 Å². The molecular formula is C17H26N2O. The number of aliphatic hydroxyl groups is 1. The number of para-hydroxylation sites is 2. The molecule has 2 aromatic rings. The SMILES string of the molecule is CN(C)c1ccccc1.CN(C)c1ccccc1.CO. The Labute approximate surface area is 123 Å². The van der Waals surface area contributed by atoms with Crippen molar-refractivity contribution < 1.29 is 5.11 Å². The summed E-state index contributed by atoms with van der Waals surface area (Å²) >= 11 is 0. The molecule has 0 amide bonds. The first-order valence-electron chi connectivity index (χ1n) is 6.50. The van der Waals surface area contributed by atoms with E-state index in [0.29, 0.717) is 0 Å². The minimum atomic E-state index is 1.00. The zero-order valence-electron chi connectivity index (χ0n) is 13.1. The Hall–Kier alpha value is -2.00. The van der Waals surface area contributed by atoms with Gasteiger partial charge < -0.3 is 14.9 Å². The molecule has 0 saturated heterocycles. The number of hydrogen-bond acceptors (Lipinski definition) is 3. The van der Waals surface area contributed by atoms with Crippen LogP contribution in [0.4, 0.5) is 11.4 Å². The summed E-state index contributed by atoms with van der Waals surface area (Å²) in [5.41, 5.74) is 2.50. The fourth-order valence-electron chi connectivity index (χ4n) is 1.45. The van der Waals surface area contributed by atoms with Crippen molar-refractivity contribution in [3.63, 3.8) is 0 Å². The maximum Gasteiger partial charge on any atom is 0.0360 e. The van der Waals surface area contributed by atoms with E-state index in [1.165, 1.54) is 11.4 Å². The molecule has 0 bridgehead atoms. The Morgan fingerprint density at radius 3 is 0.950 bits per heavy atom. The summed E-state index contributed by atoms with van der Waals surface area (Å²) in [5.74, 6) is 0. The highest BCUT2D eigenvalue weighted by Gasteiger charge is 1.88. The standard InChI is InChI=1S/2C8H11N.CH4O/c2*1-9(2)8-6-4-3-5-7-8;1-2/h2*3-7H,1-2H3;2H,1H3. The molecule has 0 aliphatic carbocycles. The summed E-state index contributed by atoms with van der Waals surface area (Å²) in [4.78, 5) is 4.17. The lowest BCUT2D eigenvalue weighted by molar-refractivity contribution is 0.399. The number of aliphatic hydroxyl groups excluding tert-OH is 1. The van der Waals surface area contributed by atoms with Gasteiger partial charge in [0.15, 0.2) is 0 Å². The lowest BCUT2D eigenvalue weighted by Gasteiger charge is -2.10. The minimum absolute atomic E-state index is 1.00. The number of anilines is 2. The largest absolute Gasteiger partial charge is 0.400 e. The fraction of sp³-hybridized carbons (Fsp3) is 0.294. The van der Waals surface area contributed by atoms with Gasteiger partial charge in [0, 0.05) is 46.7 Å².